The van der Waals surface area contributed by atoms with Crippen LogP contribution >= 0.6 is 0 Å². The molecule has 0 saturated heterocycles. The van der Waals surface area contributed by atoms with Gasteiger partial charge >= 0.3 is 32.2 Å². The summed E-state index contributed by atoms with van der Waals surface area (Å²) in [4.78, 5) is 27.2. The maximum absolute atomic E-state index is 14.5. The number of hydrogen-bond donors (Lipinski definition) is 0. The monoisotopic (exact) mass is 2130 g/mol. The van der Waals surface area contributed by atoms with Crippen LogP contribution in [0.25, 0.3) is 10.8 Å². The minimum atomic E-state index is -4.73. The Balaban J connectivity index is 0.000000188. The third-order valence-electron chi connectivity index (χ3n) is 30.4. The van der Waals surface area contributed by atoms with Crippen molar-refractivity contribution in [2.45, 2.75) is 451 Å². The Labute approximate surface area is 879 Å². The molecule has 0 N–H and O–H groups in total. The first-order valence-corrected chi connectivity index (χ1v) is 62.0. The van der Waals surface area contributed by atoms with Gasteiger partial charge in [0, 0.05) is 0 Å². The van der Waals surface area contributed by atoms with Crippen molar-refractivity contribution in [1.29, 1.82) is 0 Å². The van der Waals surface area contributed by atoms with Crippen LogP contribution in [-0.4, -0.2) is 80.7 Å². The average Bonchev–Trinajstić information content (AvgIpc) is 0.742. The molecule has 0 heterocycles. The maximum atomic E-state index is 14.5. The number of esters is 2. The Bertz CT molecular complexity index is 6790. The van der Waals surface area contributed by atoms with Crippen LogP contribution in [0.3, 0.4) is 0 Å². The highest BCUT2D eigenvalue weighted by molar-refractivity contribution is 7.88. The lowest BCUT2D eigenvalue weighted by atomic mass is 9.76. The first-order chi connectivity index (χ1) is 68.7. The number of carbonyl (C=O) groups is 2. The molecule has 5 aliphatic rings. The number of carbonyl (C=O) groups excluding carboxylic acids is 2. The van der Waals surface area contributed by atoms with E-state index in [9.17, 15) is 78.3 Å². The zero-order valence-electron chi connectivity index (χ0n) is 90.9. The summed E-state index contributed by atoms with van der Waals surface area (Å²) in [5.74, 6) is 1.90. The minimum absolute atomic E-state index is 0.0290. The Morgan fingerprint density at radius 3 is 0.905 bits per heavy atom. The normalized spacial score (nSPS) is 16.1. The molecule has 22 nitrogen and oxygen atoms in total. The molecule has 0 radical (unpaired) electrons. The van der Waals surface area contributed by atoms with Crippen LogP contribution in [0.1, 0.15) is 528 Å². The lowest BCUT2D eigenvalue weighted by molar-refractivity contribution is 0.0718. The summed E-state index contributed by atoms with van der Waals surface area (Å²) in [5, 5.41) is 1.04. The van der Waals surface area contributed by atoms with E-state index in [1.807, 2.05) is 39.8 Å². The molecular formula is C119H158O22S6-4. The minimum Gasteiger partial charge on any atom is -0.744 e. The van der Waals surface area contributed by atoms with Gasteiger partial charge in [0.25, 0.3) is 0 Å². The summed E-state index contributed by atoms with van der Waals surface area (Å²) in [6, 6.07) is 33.7. The quantitative estimate of drug-likeness (QED) is 0.0175. The van der Waals surface area contributed by atoms with Crippen LogP contribution in [0.4, 0.5) is 0 Å². The summed E-state index contributed by atoms with van der Waals surface area (Å²) in [5.41, 5.74) is 15.9. The number of ether oxygens (including phenoxy) is 2. The average molecular weight is 2130 g/mol. The molecule has 5 aliphatic carbocycles. The molecule has 0 aromatic heterocycles. The zero-order valence-corrected chi connectivity index (χ0v) is 95.8. The highest BCUT2D eigenvalue weighted by Gasteiger charge is 2.39. The SMILES string of the molecule is CC(C)c1cc(C(C)C)c(C(=O)Oc2c(C3CCCCC3)cc(S(=O)(=O)[O-])cc2C2CCCCC2)c(C(C)C)c1.CC(C)c1cc(C(C)C)c(S(=O)(=O)Oc2ccc3cc(S(=O)(=O)[O-])ccc3c2)c(C(C)C)c1.Cc1cc(S(=O)(=O)[O-])c(C(C)C)cc1OC(=O)c1c(C(C)C)cc(C(C)C)cc1C(C)C.Cc1cc(S(=O)(=O)[O-])c(C(C)C)cc1OS(=O)(=O)c1c(C2CCCCC2)cc(C2CCCCC2)cc1C1CCCCC1. The van der Waals surface area contributed by atoms with Crippen LogP contribution in [0.15, 0.2) is 151 Å². The van der Waals surface area contributed by atoms with E-state index in [4.69, 9.17) is 17.8 Å². The van der Waals surface area contributed by atoms with Gasteiger partial charge in [-0.2, -0.15) is 16.8 Å². The maximum Gasteiger partial charge on any atom is 0.344 e. The standard InChI is InChI=1S/C34H48O6S2.C34H48O5S.C26H36O5S.C25H30O6S2/c1-23(2)29-22-32(24(3)19-33(29)41(35,36)37)40-42(38,39)34-30(26-15-9-5-10-16-26)20-28(25-13-7-4-8-14-25)21-31(34)27-17-11-6-12-18-27;1-21(2)26-17-28(22(3)4)32(29(18-26)23(5)6)34(35)39-33-30(24-13-9-7-10-14-24)19-27(40(36,37)38)20-31(33)25-15-11-8-12-16-25;1-14(2)19-11-21(16(5)6)25(22(12-19)17(7)8)26(27)31-23-13-20(15(3)4)24(10-18(23)9)32(28,29)30;1-15(2)20-13-23(16(3)4)25(24(14-20)17(5)6)33(29,30)31-21-9-7-19-12-22(32(26,27)28)10-8-18(19)11-21/h19-23,25-27H,4-18H2,1-3H3,(H,35,36,37);17-25H,7-16H2,1-6H3,(H,36,37,38);10-17H,1-9H3,(H,28,29,30);7-17H,1-6H3,(H,26,27,28)/p-4. The number of rotatable bonds is 30. The molecule has 5 fully saturated rings. The van der Waals surface area contributed by atoms with E-state index in [1.165, 1.54) is 122 Å². The number of benzene rings is 9. The van der Waals surface area contributed by atoms with Crippen LogP contribution in [0.2, 0.25) is 0 Å². The van der Waals surface area contributed by atoms with Gasteiger partial charge in [0.15, 0.2) is 0 Å². The molecule has 806 valence electrons. The van der Waals surface area contributed by atoms with Crippen molar-refractivity contribution in [3.63, 3.8) is 0 Å². The molecule has 14 rings (SSSR count). The van der Waals surface area contributed by atoms with Crippen LogP contribution < -0.4 is 17.8 Å². The fourth-order valence-electron chi connectivity index (χ4n) is 21.9. The van der Waals surface area contributed by atoms with E-state index >= 15 is 0 Å². The zero-order chi connectivity index (χ0) is 109. The molecule has 0 bridgehead atoms. The van der Waals surface area contributed by atoms with E-state index < -0.39 is 66.7 Å². The van der Waals surface area contributed by atoms with Crippen molar-refractivity contribution in [3.8, 4) is 23.0 Å². The van der Waals surface area contributed by atoms with Gasteiger partial charge in [-0.3, -0.25) is 0 Å². The fourth-order valence-corrected chi connectivity index (χ4v) is 27.9. The molecular weight excluding hydrogens is 1970 g/mol. The number of fused-ring (bicyclic) bond motifs is 1. The molecule has 147 heavy (non-hydrogen) atoms. The second-order valence-electron chi connectivity index (χ2n) is 45.2. The third kappa shape index (κ3) is 29.6. The summed E-state index contributed by atoms with van der Waals surface area (Å²) in [6.07, 6.45) is 26.7. The summed E-state index contributed by atoms with van der Waals surface area (Å²) in [7, 11) is -27.0. The second kappa shape index (κ2) is 49.8. The molecule has 0 amide bonds. The Hall–Kier alpha value is -8.68. The van der Waals surface area contributed by atoms with Gasteiger partial charge in [-0.1, -0.05) is 309 Å². The van der Waals surface area contributed by atoms with Gasteiger partial charge in [-0.25, -0.2) is 43.3 Å². The van der Waals surface area contributed by atoms with Crippen molar-refractivity contribution in [3.05, 3.63) is 233 Å². The highest BCUT2D eigenvalue weighted by atomic mass is 32.2. The summed E-state index contributed by atoms with van der Waals surface area (Å²) < 4.78 is 222. The molecule has 0 unspecified atom stereocenters. The van der Waals surface area contributed by atoms with Crippen LogP contribution in [-0.2, 0) is 60.7 Å². The van der Waals surface area contributed by atoms with Gasteiger partial charge in [0.05, 0.1) is 30.7 Å². The third-order valence-corrected chi connectivity index (χ3v) is 36.5. The van der Waals surface area contributed by atoms with Crippen LogP contribution in [0.5, 0.6) is 23.0 Å². The predicted octanol–water partition coefficient (Wildman–Crippen LogP) is 30.7. The Kier molecular flexibility index (Phi) is 40.2. The molecule has 28 heteroatoms. The summed E-state index contributed by atoms with van der Waals surface area (Å²) >= 11 is 0. The lowest BCUT2D eigenvalue weighted by Crippen LogP contribution is -2.21. The molecule has 0 atom stereocenters. The van der Waals surface area contributed by atoms with Gasteiger partial charge < -0.3 is 36.1 Å². The van der Waals surface area contributed by atoms with E-state index in [0.717, 1.165) is 190 Å². The van der Waals surface area contributed by atoms with Gasteiger partial charge in [-0.05, 0) is 344 Å². The largest absolute Gasteiger partial charge is 0.744 e. The van der Waals surface area contributed by atoms with Crippen molar-refractivity contribution in [2.24, 2.45) is 0 Å². The Morgan fingerprint density at radius 1 is 0.272 bits per heavy atom. The van der Waals surface area contributed by atoms with E-state index in [-0.39, 0.29) is 130 Å². The number of aryl methyl sites for hydroxylation is 2. The fraction of sp³-hybridized carbons (Fsp3) is 0.546. The van der Waals surface area contributed by atoms with Gasteiger partial charge in [0.2, 0.25) is 0 Å². The second-order valence-corrected chi connectivity index (χ2v) is 53.6. The highest BCUT2D eigenvalue weighted by Crippen LogP contribution is 2.52. The first kappa shape index (κ1) is 119. The van der Waals surface area contributed by atoms with Gasteiger partial charge in [-0.15, -0.1) is 0 Å². The van der Waals surface area contributed by atoms with Crippen molar-refractivity contribution in [1.82, 2.24) is 0 Å². The molecule has 9 aromatic rings. The molecule has 9 aromatic carbocycles. The van der Waals surface area contributed by atoms with Crippen molar-refractivity contribution >= 4 is 83.4 Å². The van der Waals surface area contributed by atoms with E-state index in [0.29, 0.717) is 67.0 Å². The van der Waals surface area contributed by atoms with Crippen molar-refractivity contribution < 1.29 is 96.1 Å². The summed E-state index contributed by atoms with van der Waals surface area (Å²) in [6.45, 7) is 47.6. The van der Waals surface area contributed by atoms with Crippen molar-refractivity contribution in [2.75, 3.05) is 0 Å². The topological polar surface area (TPSA) is 368 Å². The lowest BCUT2D eigenvalue weighted by Gasteiger charge is -2.32. The number of hydrogen-bond acceptors (Lipinski definition) is 22. The smallest absolute Gasteiger partial charge is 0.344 e. The predicted molar refractivity (Wildman–Crippen MR) is 580 cm³/mol. The van der Waals surface area contributed by atoms with E-state index in [1.54, 1.807) is 41.5 Å². The molecule has 0 spiro atoms. The first-order valence-electron chi connectivity index (χ1n) is 53.6. The van der Waals surface area contributed by atoms with Crippen LogP contribution in [0, 0.1) is 13.8 Å². The van der Waals surface area contributed by atoms with Gasteiger partial charge in [0.1, 0.15) is 73.3 Å². The van der Waals surface area contributed by atoms with E-state index in [2.05, 4.69) is 133 Å². The molecule has 0 aliphatic heterocycles. The molecule has 5 saturated carbocycles. The Morgan fingerprint density at radius 2 is 0.571 bits per heavy atom.